The van der Waals surface area contributed by atoms with Crippen LogP contribution in [0.1, 0.15) is 36.6 Å². The molecule has 4 heteroatoms. The Balaban J connectivity index is 1.49. The maximum atomic E-state index is 8.82. The molecule has 4 N–H and O–H groups in total. The van der Waals surface area contributed by atoms with Crippen LogP contribution in [0.2, 0.25) is 0 Å². The second kappa shape index (κ2) is 8.76. The van der Waals surface area contributed by atoms with Crippen molar-refractivity contribution in [3.05, 3.63) is 83.6 Å². The van der Waals surface area contributed by atoms with Gasteiger partial charge in [0.2, 0.25) is 0 Å². The summed E-state index contributed by atoms with van der Waals surface area (Å²) >= 11 is 0. The molecule has 1 heterocycles. The number of hydrogen-bond donors (Lipinski definition) is 3. The normalized spacial score (nSPS) is 12.3. The lowest BCUT2D eigenvalue weighted by atomic mass is 9.89. The van der Waals surface area contributed by atoms with Gasteiger partial charge in [-0.15, -0.1) is 0 Å². The van der Waals surface area contributed by atoms with Gasteiger partial charge in [-0.1, -0.05) is 61.5 Å². The van der Waals surface area contributed by atoms with Crippen LogP contribution in [0.25, 0.3) is 21.7 Å². The highest BCUT2D eigenvalue weighted by atomic mass is 14.9. The van der Waals surface area contributed by atoms with Crippen LogP contribution in [0.5, 0.6) is 0 Å². The predicted molar refractivity (Wildman–Crippen MR) is 131 cm³/mol. The molecule has 3 aromatic carbocycles. The smallest absolute Gasteiger partial charge is 0.122 e. The van der Waals surface area contributed by atoms with Crippen molar-refractivity contribution in [1.82, 2.24) is 4.57 Å². The molecular formula is C27H30N4. The number of hydrogen-bond acceptors (Lipinski definition) is 2. The Morgan fingerprint density at radius 3 is 2.52 bits per heavy atom. The molecule has 0 aliphatic heterocycles. The van der Waals surface area contributed by atoms with Crippen LogP contribution in [0.3, 0.4) is 0 Å². The van der Waals surface area contributed by atoms with Crippen molar-refractivity contribution in [2.75, 3.05) is 0 Å². The number of aromatic nitrogens is 1. The number of nitrogens with one attached hydrogen (secondary N) is 2. The van der Waals surface area contributed by atoms with Crippen molar-refractivity contribution in [2.45, 2.75) is 32.6 Å². The molecule has 1 aromatic heterocycles. The summed E-state index contributed by atoms with van der Waals surface area (Å²) in [6, 6.07) is 23.0. The van der Waals surface area contributed by atoms with Gasteiger partial charge in [0.25, 0.3) is 0 Å². The molecule has 4 nitrogen and oxygen atoms in total. The lowest BCUT2D eigenvalue weighted by Gasteiger charge is -2.17. The number of nitrogens with zero attached hydrogens (tertiary/aromatic N) is 1. The maximum Gasteiger partial charge on any atom is 0.122 e. The van der Waals surface area contributed by atoms with E-state index >= 15 is 0 Å². The van der Waals surface area contributed by atoms with E-state index in [0.29, 0.717) is 6.42 Å². The van der Waals surface area contributed by atoms with E-state index in [0.717, 1.165) is 36.1 Å². The average molecular weight is 411 g/mol. The summed E-state index contributed by atoms with van der Waals surface area (Å²) in [4.78, 5) is 0. The molecule has 0 saturated carbocycles. The van der Waals surface area contributed by atoms with E-state index in [-0.39, 0.29) is 11.8 Å². The van der Waals surface area contributed by atoms with Crippen LogP contribution in [-0.2, 0) is 19.9 Å². The van der Waals surface area contributed by atoms with E-state index in [4.69, 9.17) is 16.6 Å². The lowest BCUT2D eigenvalue weighted by molar-refractivity contribution is 0.584. The molecule has 1 atom stereocenters. The molecule has 4 rings (SSSR count). The minimum absolute atomic E-state index is 0.0950. The van der Waals surface area contributed by atoms with Gasteiger partial charge in [-0.05, 0) is 59.0 Å². The Morgan fingerprint density at radius 1 is 0.968 bits per heavy atom. The first kappa shape index (κ1) is 20.9. The summed E-state index contributed by atoms with van der Waals surface area (Å²) in [5.41, 5.74) is 10.8. The number of nitrogen functional groups attached to an aromatic ring is 1. The van der Waals surface area contributed by atoms with Gasteiger partial charge in [-0.25, -0.2) is 0 Å². The van der Waals surface area contributed by atoms with Crippen molar-refractivity contribution in [2.24, 2.45) is 18.7 Å². The molecule has 0 unspecified atom stereocenters. The summed E-state index contributed by atoms with van der Waals surface area (Å²) in [6.07, 6.45) is 3.57. The second-order valence-corrected chi connectivity index (χ2v) is 8.37. The molecule has 31 heavy (non-hydrogen) atoms. The maximum absolute atomic E-state index is 8.82. The third-order valence-electron chi connectivity index (χ3n) is 6.45. The summed E-state index contributed by atoms with van der Waals surface area (Å²) in [5, 5.41) is 20.2. The number of benzene rings is 3. The summed E-state index contributed by atoms with van der Waals surface area (Å²) in [6.45, 7) is 2.18. The Kier molecular flexibility index (Phi) is 5.90. The van der Waals surface area contributed by atoms with Gasteiger partial charge in [0.05, 0.1) is 0 Å². The minimum atomic E-state index is 0.0950. The van der Waals surface area contributed by atoms with Crippen molar-refractivity contribution >= 4 is 33.2 Å². The molecule has 0 radical (unpaired) electrons. The molecule has 0 aliphatic carbocycles. The average Bonchev–Trinajstić information content (AvgIpc) is 3.09. The Labute approximate surface area is 183 Å². The summed E-state index contributed by atoms with van der Waals surface area (Å²) in [7, 11) is 2.07. The van der Waals surface area contributed by atoms with Crippen LogP contribution in [0.4, 0.5) is 0 Å². The highest BCUT2D eigenvalue weighted by Crippen LogP contribution is 2.25. The van der Waals surface area contributed by atoms with Gasteiger partial charge in [0.1, 0.15) is 5.84 Å². The third-order valence-corrected chi connectivity index (χ3v) is 6.45. The fraction of sp³-hybridized carbons (Fsp3) is 0.259. The minimum Gasteiger partial charge on any atom is -0.384 e. The summed E-state index contributed by atoms with van der Waals surface area (Å²) < 4.78 is 2.20. The SMILES string of the molecule is CC[C@@H](CCc1cc2ccc(C(=N)N)cc2n1C)C(=N)Cc1cccc2ccccc12. The van der Waals surface area contributed by atoms with Gasteiger partial charge in [-0.3, -0.25) is 5.41 Å². The van der Waals surface area contributed by atoms with Gasteiger partial charge in [0, 0.05) is 36.0 Å². The monoisotopic (exact) mass is 410 g/mol. The molecular weight excluding hydrogens is 380 g/mol. The number of aryl methyl sites for hydroxylation is 2. The number of nitrogens with two attached hydrogens (primary N) is 1. The molecule has 0 aliphatic rings. The Morgan fingerprint density at radius 2 is 1.74 bits per heavy atom. The topological polar surface area (TPSA) is 78.7 Å². The molecule has 0 fully saturated rings. The lowest BCUT2D eigenvalue weighted by Crippen LogP contribution is -2.17. The van der Waals surface area contributed by atoms with E-state index in [1.165, 1.54) is 27.4 Å². The van der Waals surface area contributed by atoms with Crippen molar-refractivity contribution in [1.29, 1.82) is 10.8 Å². The van der Waals surface area contributed by atoms with Crippen LogP contribution in [0, 0.1) is 16.7 Å². The molecule has 0 bridgehead atoms. The van der Waals surface area contributed by atoms with Gasteiger partial charge >= 0.3 is 0 Å². The van der Waals surface area contributed by atoms with Crippen molar-refractivity contribution in [3.8, 4) is 0 Å². The summed E-state index contributed by atoms with van der Waals surface area (Å²) in [5.74, 6) is 0.363. The molecule has 0 saturated heterocycles. The third kappa shape index (κ3) is 4.24. The molecule has 0 spiro atoms. The molecule has 158 valence electrons. The molecule has 4 aromatic rings. The van der Waals surface area contributed by atoms with Gasteiger partial charge in [0.15, 0.2) is 0 Å². The van der Waals surface area contributed by atoms with E-state index in [1.54, 1.807) is 0 Å². The quantitative estimate of drug-likeness (QED) is 0.248. The zero-order valence-corrected chi connectivity index (χ0v) is 18.3. The highest BCUT2D eigenvalue weighted by Gasteiger charge is 2.16. The van der Waals surface area contributed by atoms with Crippen molar-refractivity contribution in [3.63, 3.8) is 0 Å². The largest absolute Gasteiger partial charge is 0.384 e. The fourth-order valence-corrected chi connectivity index (χ4v) is 4.54. The predicted octanol–water partition coefficient (Wildman–Crippen LogP) is 5.84. The van der Waals surface area contributed by atoms with Gasteiger partial charge in [-0.2, -0.15) is 0 Å². The first-order chi connectivity index (χ1) is 15.0. The van der Waals surface area contributed by atoms with Gasteiger partial charge < -0.3 is 15.7 Å². The standard InChI is InChI=1S/C27H30N4/c1-3-18(25(28)16-20-9-6-8-19-7-4-5-10-24(19)20)13-14-23-15-21-11-12-22(27(29)30)17-26(21)31(23)2/h4-12,15,17-18,28H,3,13-14,16H2,1-2H3,(H3,29,30)/t18-/m0/s1. The number of rotatable bonds is 8. The van der Waals surface area contributed by atoms with Crippen LogP contribution < -0.4 is 5.73 Å². The van der Waals surface area contributed by atoms with Crippen molar-refractivity contribution < 1.29 is 0 Å². The fourth-order valence-electron chi connectivity index (χ4n) is 4.54. The second-order valence-electron chi connectivity index (χ2n) is 8.37. The van der Waals surface area contributed by atoms with E-state index in [2.05, 4.69) is 67.1 Å². The Bertz CT molecular complexity index is 1260. The number of amidine groups is 1. The Hall–Kier alpha value is -3.40. The zero-order chi connectivity index (χ0) is 22.0. The first-order valence-electron chi connectivity index (χ1n) is 10.9. The zero-order valence-electron chi connectivity index (χ0n) is 18.3. The molecule has 0 amide bonds. The van der Waals surface area contributed by atoms with Crippen LogP contribution in [-0.4, -0.2) is 16.1 Å². The van der Waals surface area contributed by atoms with E-state index in [1.807, 2.05) is 18.2 Å². The van der Waals surface area contributed by atoms with E-state index < -0.39 is 0 Å². The number of fused-ring (bicyclic) bond motifs is 2. The van der Waals surface area contributed by atoms with E-state index in [9.17, 15) is 0 Å². The first-order valence-corrected chi connectivity index (χ1v) is 10.9. The van der Waals surface area contributed by atoms with Crippen LogP contribution >= 0.6 is 0 Å². The van der Waals surface area contributed by atoms with Crippen LogP contribution in [0.15, 0.2) is 66.7 Å². The highest BCUT2D eigenvalue weighted by molar-refractivity contribution is 5.98.